The Morgan fingerprint density at radius 2 is 2.42 bits per heavy atom. The normalized spacial score (nSPS) is 36.6. The summed E-state index contributed by atoms with van der Waals surface area (Å²) in [5, 5.41) is 3.51. The number of fused-ring (bicyclic) bond motifs is 1. The summed E-state index contributed by atoms with van der Waals surface area (Å²) in [6.45, 7) is 7.09. The first-order valence-corrected chi connectivity index (χ1v) is 7.92. The van der Waals surface area contributed by atoms with Crippen molar-refractivity contribution in [3.05, 3.63) is 16.6 Å². The standard InChI is InChI=1S/C14H23N3OS/c1-13(2)12-11(4-3-5-18-12)14(13,15)8-16-6-10-7-17-9-19-10/h7,9,11-12,16H,3-6,8,15H2,1-2H3. The number of thiazole rings is 1. The highest BCUT2D eigenvalue weighted by atomic mass is 32.1. The van der Waals surface area contributed by atoms with Crippen LogP contribution in [0, 0.1) is 11.3 Å². The number of rotatable bonds is 4. The van der Waals surface area contributed by atoms with Crippen molar-refractivity contribution in [2.45, 2.75) is 44.9 Å². The first kappa shape index (κ1) is 13.5. The van der Waals surface area contributed by atoms with E-state index in [1.807, 2.05) is 11.7 Å². The van der Waals surface area contributed by atoms with E-state index in [0.717, 1.165) is 26.1 Å². The van der Waals surface area contributed by atoms with Crippen LogP contribution in [0.15, 0.2) is 11.7 Å². The van der Waals surface area contributed by atoms with Gasteiger partial charge in [0.15, 0.2) is 0 Å². The molecule has 0 spiro atoms. The van der Waals surface area contributed by atoms with E-state index in [1.54, 1.807) is 11.3 Å². The lowest BCUT2D eigenvalue weighted by molar-refractivity contribution is -0.225. The van der Waals surface area contributed by atoms with Crippen molar-refractivity contribution in [1.29, 1.82) is 0 Å². The number of nitrogens with two attached hydrogens (primary N) is 1. The van der Waals surface area contributed by atoms with Gasteiger partial charge in [0.1, 0.15) is 0 Å². The van der Waals surface area contributed by atoms with Crippen LogP contribution in [0.1, 0.15) is 31.6 Å². The molecule has 1 aliphatic carbocycles. The molecule has 0 amide bonds. The van der Waals surface area contributed by atoms with Gasteiger partial charge in [-0.1, -0.05) is 13.8 Å². The Morgan fingerprint density at radius 1 is 1.58 bits per heavy atom. The van der Waals surface area contributed by atoms with E-state index in [0.29, 0.717) is 12.0 Å². The fourth-order valence-electron chi connectivity index (χ4n) is 3.75. The smallest absolute Gasteiger partial charge is 0.0794 e. The van der Waals surface area contributed by atoms with E-state index in [9.17, 15) is 0 Å². The van der Waals surface area contributed by atoms with Gasteiger partial charge < -0.3 is 15.8 Å². The molecule has 1 aromatic heterocycles. The number of nitrogens with one attached hydrogen (secondary N) is 1. The predicted octanol–water partition coefficient (Wildman–Crippen LogP) is 1.77. The van der Waals surface area contributed by atoms with Crippen LogP contribution >= 0.6 is 11.3 Å². The van der Waals surface area contributed by atoms with Gasteiger partial charge in [0.25, 0.3) is 0 Å². The minimum atomic E-state index is -0.150. The van der Waals surface area contributed by atoms with Crippen LogP contribution in [0.25, 0.3) is 0 Å². The van der Waals surface area contributed by atoms with Crippen molar-refractivity contribution in [2.24, 2.45) is 17.1 Å². The zero-order chi connectivity index (χ0) is 13.5. The Kier molecular flexibility index (Phi) is 3.41. The largest absolute Gasteiger partial charge is 0.377 e. The van der Waals surface area contributed by atoms with Crippen LogP contribution in [0.2, 0.25) is 0 Å². The van der Waals surface area contributed by atoms with Crippen molar-refractivity contribution < 1.29 is 4.74 Å². The zero-order valence-corrected chi connectivity index (χ0v) is 12.5. The minimum Gasteiger partial charge on any atom is -0.377 e. The quantitative estimate of drug-likeness (QED) is 0.883. The third-order valence-corrected chi connectivity index (χ3v) is 5.87. The molecule has 106 valence electrons. The number of hydrogen-bond donors (Lipinski definition) is 2. The third kappa shape index (κ3) is 2.03. The van der Waals surface area contributed by atoms with E-state index >= 15 is 0 Å². The molecule has 19 heavy (non-hydrogen) atoms. The van der Waals surface area contributed by atoms with Crippen molar-refractivity contribution in [3.63, 3.8) is 0 Å². The molecule has 2 fully saturated rings. The molecule has 3 N–H and O–H groups in total. The molecule has 2 aliphatic rings. The molecule has 3 unspecified atom stereocenters. The fourth-order valence-corrected chi connectivity index (χ4v) is 4.31. The molecule has 1 saturated carbocycles. The van der Waals surface area contributed by atoms with Crippen molar-refractivity contribution in [3.8, 4) is 0 Å². The molecular weight excluding hydrogens is 258 g/mol. The molecule has 0 aromatic carbocycles. The summed E-state index contributed by atoms with van der Waals surface area (Å²) < 4.78 is 5.92. The number of ether oxygens (including phenoxy) is 1. The molecule has 0 bridgehead atoms. The van der Waals surface area contributed by atoms with E-state index in [1.165, 1.54) is 11.3 Å². The summed E-state index contributed by atoms with van der Waals surface area (Å²) in [6.07, 6.45) is 4.61. The molecule has 1 aliphatic heterocycles. The van der Waals surface area contributed by atoms with Crippen LogP contribution in [-0.2, 0) is 11.3 Å². The average molecular weight is 281 g/mol. The van der Waals surface area contributed by atoms with Crippen molar-refractivity contribution in [1.82, 2.24) is 10.3 Å². The Balaban J connectivity index is 1.62. The van der Waals surface area contributed by atoms with E-state index in [2.05, 4.69) is 24.1 Å². The summed E-state index contributed by atoms with van der Waals surface area (Å²) in [6, 6.07) is 0. The Hall–Kier alpha value is -0.490. The third-order valence-electron chi connectivity index (χ3n) is 5.10. The van der Waals surface area contributed by atoms with Gasteiger partial charge in [0.05, 0.1) is 11.6 Å². The molecule has 1 aromatic rings. The van der Waals surface area contributed by atoms with Gasteiger partial charge in [0, 0.05) is 47.6 Å². The summed E-state index contributed by atoms with van der Waals surface area (Å²) >= 11 is 1.68. The van der Waals surface area contributed by atoms with Crippen LogP contribution in [0.4, 0.5) is 0 Å². The van der Waals surface area contributed by atoms with Gasteiger partial charge in [-0.15, -0.1) is 11.3 Å². The maximum Gasteiger partial charge on any atom is 0.0794 e. The maximum absolute atomic E-state index is 6.72. The fraction of sp³-hybridized carbons (Fsp3) is 0.786. The molecule has 5 heteroatoms. The molecule has 0 radical (unpaired) electrons. The first-order valence-electron chi connectivity index (χ1n) is 7.04. The van der Waals surface area contributed by atoms with Crippen LogP contribution in [0.3, 0.4) is 0 Å². The van der Waals surface area contributed by atoms with E-state index in [4.69, 9.17) is 10.5 Å². The number of nitrogens with zero attached hydrogens (tertiary/aromatic N) is 1. The lowest BCUT2D eigenvalue weighted by Crippen LogP contribution is -2.80. The highest BCUT2D eigenvalue weighted by molar-refractivity contribution is 7.09. The second-order valence-electron chi connectivity index (χ2n) is 6.37. The molecule has 2 heterocycles. The molecule has 3 atom stereocenters. The Labute approximate surface area is 118 Å². The maximum atomic E-state index is 6.72. The predicted molar refractivity (Wildman–Crippen MR) is 77.0 cm³/mol. The monoisotopic (exact) mass is 281 g/mol. The van der Waals surface area contributed by atoms with Crippen LogP contribution in [-0.4, -0.2) is 29.8 Å². The summed E-state index contributed by atoms with van der Waals surface area (Å²) in [5.41, 5.74) is 8.49. The topological polar surface area (TPSA) is 60.2 Å². The average Bonchev–Trinajstić information content (AvgIpc) is 2.91. The SMILES string of the molecule is CC1(C)C2OCCCC2C1(N)CNCc1cncs1. The molecular formula is C14H23N3OS. The van der Waals surface area contributed by atoms with E-state index in [-0.39, 0.29) is 11.0 Å². The highest BCUT2D eigenvalue weighted by Gasteiger charge is 2.65. The van der Waals surface area contributed by atoms with Crippen molar-refractivity contribution in [2.75, 3.05) is 13.2 Å². The van der Waals surface area contributed by atoms with Gasteiger partial charge >= 0.3 is 0 Å². The van der Waals surface area contributed by atoms with Gasteiger partial charge in [-0.25, -0.2) is 0 Å². The summed E-state index contributed by atoms with van der Waals surface area (Å²) in [4.78, 5) is 5.35. The minimum absolute atomic E-state index is 0.0544. The number of aromatic nitrogens is 1. The lowest BCUT2D eigenvalue weighted by atomic mass is 9.46. The van der Waals surface area contributed by atoms with Gasteiger partial charge in [-0.05, 0) is 12.8 Å². The van der Waals surface area contributed by atoms with Gasteiger partial charge in [0.2, 0.25) is 0 Å². The molecule has 1 saturated heterocycles. The molecule has 3 rings (SSSR count). The highest BCUT2D eigenvalue weighted by Crippen LogP contribution is 2.56. The second kappa shape index (κ2) is 4.81. The lowest BCUT2D eigenvalue weighted by Gasteiger charge is -2.66. The van der Waals surface area contributed by atoms with Gasteiger partial charge in [-0.3, -0.25) is 4.98 Å². The zero-order valence-electron chi connectivity index (χ0n) is 11.7. The van der Waals surface area contributed by atoms with Crippen LogP contribution in [0.5, 0.6) is 0 Å². The number of hydrogen-bond acceptors (Lipinski definition) is 5. The van der Waals surface area contributed by atoms with Gasteiger partial charge in [-0.2, -0.15) is 0 Å². The first-order chi connectivity index (χ1) is 9.06. The Bertz CT molecular complexity index is 434. The Morgan fingerprint density at radius 3 is 3.16 bits per heavy atom. The van der Waals surface area contributed by atoms with Crippen LogP contribution < -0.4 is 11.1 Å². The summed E-state index contributed by atoms with van der Waals surface area (Å²) in [5.74, 6) is 0.505. The van der Waals surface area contributed by atoms with Crippen molar-refractivity contribution >= 4 is 11.3 Å². The van der Waals surface area contributed by atoms with E-state index < -0.39 is 0 Å². The molecule has 4 nitrogen and oxygen atoms in total. The second-order valence-corrected chi connectivity index (χ2v) is 7.34. The summed E-state index contributed by atoms with van der Waals surface area (Å²) in [7, 11) is 0.